The highest BCUT2D eigenvalue weighted by molar-refractivity contribution is 7.89. The zero-order valence-corrected chi connectivity index (χ0v) is 12.0. The van der Waals surface area contributed by atoms with Crippen LogP contribution in [0.4, 0.5) is 0 Å². The molecule has 0 aliphatic carbocycles. The van der Waals surface area contributed by atoms with Crippen molar-refractivity contribution in [2.24, 2.45) is 11.7 Å². The fraction of sp³-hybridized carbons (Fsp3) is 0.727. The second-order valence-corrected chi connectivity index (χ2v) is 6.25. The summed E-state index contributed by atoms with van der Waals surface area (Å²) in [6.07, 6.45) is 2.06. The standard InChI is InChI=1S/C11H22N4O2S/c1-4-10-13-7-11(14-10)18(16,17)15(5-2)8-9(3)6-12/h7,9H,4-6,8,12H2,1-3H3,(H,13,14). The van der Waals surface area contributed by atoms with E-state index >= 15 is 0 Å². The van der Waals surface area contributed by atoms with Crippen LogP contribution in [0.15, 0.2) is 11.2 Å². The summed E-state index contributed by atoms with van der Waals surface area (Å²) in [7, 11) is -3.49. The second kappa shape index (κ2) is 6.31. The molecule has 1 aromatic rings. The third kappa shape index (κ3) is 3.30. The molecule has 0 aliphatic rings. The van der Waals surface area contributed by atoms with E-state index in [0.717, 1.165) is 0 Å². The molecule has 104 valence electrons. The van der Waals surface area contributed by atoms with Gasteiger partial charge in [0.15, 0.2) is 5.03 Å². The van der Waals surface area contributed by atoms with Crippen molar-refractivity contribution >= 4 is 10.0 Å². The fourth-order valence-corrected chi connectivity index (χ4v) is 3.11. The van der Waals surface area contributed by atoms with Crippen LogP contribution in [0.3, 0.4) is 0 Å². The molecule has 0 bridgehead atoms. The molecule has 3 N–H and O–H groups in total. The van der Waals surface area contributed by atoms with E-state index in [-0.39, 0.29) is 10.9 Å². The number of rotatable bonds is 7. The molecule has 1 unspecified atom stereocenters. The smallest absolute Gasteiger partial charge is 0.260 e. The van der Waals surface area contributed by atoms with Gasteiger partial charge in [0, 0.05) is 19.5 Å². The average Bonchev–Trinajstić information content (AvgIpc) is 2.84. The topological polar surface area (TPSA) is 92.1 Å². The minimum Gasteiger partial charge on any atom is -0.332 e. The lowest BCUT2D eigenvalue weighted by Crippen LogP contribution is -2.36. The van der Waals surface area contributed by atoms with Crippen LogP contribution in [0.5, 0.6) is 0 Å². The van der Waals surface area contributed by atoms with Crippen molar-refractivity contribution in [1.29, 1.82) is 0 Å². The molecule has 0 amide bonds. The normalized spacial score (nSPS) is 14.1. The van der Waals surface area contributed by atoms with Crippen LogP contribution in [0.2, 0.25) is 0 Å². The van der Waals surface area contributed by atoms with E-state index in [2.05, 4.69) is 9.97 Å². The quantitative estimate of drug-likeness (QED) is 0.760. The van der Waals surface area contributed by atoms with E-state index in [4.69, 9.17) is 5.73 Å². The largest absolute Gasteiger partial charge is 0.332 e. The Balaban J connectivity index is 2.95. The van der Waals surface area contributed by atoms with Crippen molar-refractivity contribution in [3.05, 3.63) is 12.0 Å². The minimum absolute atomic E-state index is 0.133. The molecule has 0 aliphatic heterocycles. The van der Waals surface area contributed by atoms with E-state index in [1.165, 1.54) is 10.5 Å². The Kier molecular flexibility index (Phi) is 5.30. The van der Waals surface area contributed by atoms with Gasteiger partial charge in [-0.2, -0.15) is 4.31 Å². The summed E-state index contributed by atoms with van der Waals surface area (Å²) in [6.45, 7) is 6.99. The molecule has 1 aromatic heterocycles. The minimum atomic E-state index is -3.49. The third-order valence-corrected chi connectivity index (χ3v) is 4.68. The molecule has 1 heterocycles. The lowest BCUT2D eigenvalue weighted by atomic mass is 10.2. The van der Waals surface area contributed by atoms with Crippen LogP contribution >= 0.6 is 0 Å². The Morgan fingerprint density at radius 2 is 2.17 bits per heavy atom. The number of nitrogens with two attached hydrogens (primary N) is 1. The van der Waals surface area contributed by atoms with Gasteiger partial charge >= 0.3 is 0 Å². The van der Waals surface area contributed by atoms with Crippen molar-refractivity contribution in [3.8, 4) is 0 Å². The summed E-state index contributed by atoms with van der Waals surface area (Å²) in [5, 5.41) is 0.158. The van der Waals surface area contributed by atoms with Gasteiger partial charge in [0.25, 0.3) is 10.0 Å². The van der Waals surface area contributed by atoms with E-state index in [1.807, 2.05) is 20.8 Å². The van der Waals surface area contributed by atoms with E-state index in [0.29, 0.717) is 31.9 Å². The van der Waals surface area contributed by atoms with Crippen LogP contribution in [-0.4, -0.2) is 42.3 Å². The molecule has 0 radical (unpaired) electrons. The van der Waals surface area contributed by atoms with E-state index in [9.17, 15) is 8.42 Å². The van der Waals surface area contributed by atoms with Gasteiger partial charge in [0.2, 0.25) is 0 Å². The first kappa shape index (κ1) is 15.1. The maximum atomic E-state index is 12.4. The summed E-state index contributed by atoms with van der Waals surface area (Å²) in [5.74, 6) is 0.810. The summed E-state index contributed by atoms with van der Waals surface area (Å²) in [5.41, 5.74) is 5.54. The monoisotopic (exact) mass is 274 g/mol. The van der Waals surface area contributed by atoms with Gasteiger partial charge in [-0.15, -0.1) is 0 Å². The van der Waals surface area contributed by atoms with Gasteiger partial charge in [-0.1, -0.05) is 20.8 Å². The molecular weight excluding hydrogens is 252 g/mol. The van der Waals surface area contributed by atoms with Gasteiger partial charge in [-0.25, -0.2) is 13.4 Å². The van der Waals surface area contributed by atoms with Crippen LogP contribution in [0.25, 0.3) is 0 Å². The van der Waals surface area contributed by atoms with Crippen molar-refractivity contribution in [2.45, 2.75) is 32.2 Å². The molecule has 0 saturated carbocycles. The average molecular weight is 274 g/mol. The van der Waals surface area contributed by atoms with Gasteiger partial charge in [0.05, 0.1) is 6.20 Å². The number of hydrogen-bond donors (Lipinski definition) is 2. The van der Waals surface area contributed by atoms with Gasteiger partial charge in [0.1, 0.15) is 5.82 Å². The first-order valence-corrected chi connectivity index (χ1v) is 7.63. The number of aromatic nitrogens is 2. The Hall–Kier alpha value is -0.920. The van der Waals surface area contributed by atoms with Crippen molar-refractivity contribution in [2.75, 3.05) is 19.6 Å². The van der Waals surface area contributed by atoms with Gasteiger partial charge < -0.3 is 10.7 Å². The summed E-state index contributed by atoms with van der Waals surface area (Å²) < 4.78 is 26.1. The molecule has 1 rings (SSSR count). The van der Waals surface area contributed by atoms with Gasteiger partial charge in [-0.3, -0.25) is 0 Å². The highest BCUT2D eigenvalue weighted by Gasteiger charge is 2.26. The summed E-state index contributed by atoms with van der Waals surface area (Å²) >= 11 is 0. The number of imidazole rings is 1. The highest BCUT2D eigenvalue weighted by Crippen LogP contribution is 2.15. The highest BCUT2D eigenvalue weighted by atomic mass is 32.2. The number of aryl methyl sites for hydroxylation is 1. The molecule has 6 nitrogen and oxygen atoms in total. The lowest BCUT2D eigenvalue weighted by molar-refractivity contribution is 0.370. The second-order valence-electron chi connectivity index (χ2n) is 4.34. The Labute approximate surface area is 109 Å². The Morgan fingerprint density at radius 1 is 1.50 bits per heavy atom. The number of sulfonamides is 1. The molecule has 1 atom stereocenters. The van der Waals surface area contributed by atoms with Crippen LogP contribution in [-0.2, 0) is 16.4 Å². The number of aromatic amines is 1. The van der Waals surface area contributed by atoms with Crippen LogP contribution in [0, 0.1) is 5.92 Å². The summed E-state index contributed by atoms with van der Waals surface area (Å²) in [4.78, 5) is 6.87. The molecule has 0 fully saturated rings. The van der Waals surface area contributed by atoms with Crippen molar-refractivity contribution in [1.82, 2.24) is 14.3 Å². The van der Waals surface area contributed by atoms with Crippen LogP contribution < -0.4 is 5.73 Å². The van der Waals surface area contributed by atoms with Crippen molar-refractivity contribution < 1.29 is 8.42 Å². The Morgan fingerprint density at radius 3 is 2.61 bits per heavy atom. The number of nitrogens with zero attached hydrogens (tertiary/aromatic N) is 2. The SMILES string of the molecule is CCc1ncc(S(=O)(=O)N(CC)CC(C)CN)[nH]1. The van der Waals surface area contributed by atoms with E-state index in [1.54, 1.807) is 0 Å². The Bertz CT molecular complexity index is 469. The number of hydrogen-bond acceptors (Lipinski definition) is 4. The fourth-order valence-electron chi connectivity index (χ4n) is 1.61. The first-order valence-electron chi connectivity index (χ1n) is 6.19. The van der Waals surface area contributed by atoms with Crippen LogP contribution in [0.1, 0.15) is 26.6 Å². The molecule has 0 saturated heterocycles. The maximum absolute atomic E-state index is 12.4. The first-order chi connectivity index (χ1) is 8.45. The predicted molar refractivity (Wildman–Crippen MR) is 70.6 cm³/mol. The molecular formula is C11H22N4O2S. The lowest BCUT2D eigenvalue weighted by Gasteiger charge is -2.22. The number of nitrogens with one attached hydrogen (secondary N) is 1. The zero-order valence-electron chi connectivity index (χ0n) is 11.2. The summed E-state index contributed by atoms with van der Waals surface area (Å²) in [6, 6.07) is 0. The zero-order chi connectivity index (χ0) is 13.8. The van der Waals surface area contributed by atoms with Gasteiger partial charge in [-0.05, 0) is 12.5 Å². The van der Waals surface area contributed by atoms with Crippen molar-refractivity contribution in [3.63, 3.8) is 0 Å². The molecule has 0 aromatic carbocycles. The molecule has 0 spiro atoms. The number of H-pyrrole nitrogens is 1. The molecule has 18 heavy (non-hydrogen) atoms. The third-order valence-electron chi connectivity index (χ3n) is 2.83. The maximum Gasteiger partial charge on any atom is 0.260 e. The predicted octanol–water partition coefficient (Wildman–Crippen LogP) is 0.578. The molecule has 7 heteroatoms. The van der Waals surface area contributed by atoms with E-state index < -0.39 is 10.0 Å².